The number of rotatable bonds is 6. The molecule has 0 saturated heterocycles. The van der Waals surface area contributed by atoms with Crippen molar-refractivity contribution in [3.63, 3.8) is 0 Å². The molecule has 0 aliphatic rings. The molecule has 0 unspecified atom stereocenters. The summed E-state index contributed by atoms with van der Waals surface area (Å²) >= 11 is 0. The average Bonchev–Trinajstić information content (AvgIpc) is 3.09. The van der Waals surface area contributed by atoms with Crippen molar-refractivity contribution in [2.24, 2.45) is 0 Å². The molecule has 23 heavy (non-hydrogen) atoms. The summed E-state index contributed by atoms with van der Waals surface area (Å²) in [5, 5.41) is 12.2. The van der Waals surface area contributed by atoms with E-state index in [2.05, 4.69) is 16.4 Å². The molecule has 4 nitrogen and oxygen atoms in total. The van der Waals surface area contributed by atoms with Gasteiger partial charge in [-0.1, -0.05) is 30.3 Å². The normalized spacial score (nSPS) is 10.4. The Hall–Kier alpha value is -2.90. The molecule has 4 heteroatoms. The Kier molecular flexibility index (Phi) is 4.82. The van der Waals surface area contributed by atoms with E-state index < -0.39 is 0 Å². The first-order valence-corrected chi connectivity index (χ1v) is 7.55. The van der Waals surface area contributed by atoms with Crippen LogP contribution < -0.4 is 5.32 Å². The second-order valence-corrected chi connectivity index (χ2v) is 5.25. The van der Waals surface area contributed by atoms with Crippen LogP contribution in [-0.4, -0.2) is 11.5 Å². The zero-order valence-electron chi connectivity index (χ0n) is 12.7. The molecule has 0 amide bonds. The predicted octanol–water partition coefficient (Wildman–Crippen LogP) is 3.55. The van der Waals surface area contributed by atoms with Gasteiger partial charge in [0.05, 0.1) is 17.3 Å². The monoisotopic (exact) mass is 303 g/mol. The van der Waals surface area contributed by atoms with E-state index in [-0.39, 0.29) is 0 Å². The third kappa shape index (κ3) is 4.06. The SMILES string of the molecule is N#Cc1cccc(CNCCc2coc(-c3ccccc3)n2)c1. The fourth-order valence-electron chi connectivity index (χ4n) is 2.34. The summed E-state index contributed by atoms with van der Waals surface area (Å²) in [6.07, 6.45) is 2.51. The molecule has 3 rings (SSSR count). The number of benzene rings is 2. The molecule has 0 fully saturated rings. The van der Waals surface area contributed by atoms with E-state index in [4.69, 9.17) is 9.68 Å². The maximum atomic E-state index is 8.89. The van der Waals surface area contributed by atoms with Gasteiger partial charge in [0, 0.05) is 25.1 Å². The van der Waals surface area contributed by atoms with E-state index in [1.54, 1.807) is 6.26 Å². The first kappa shape index (κ1) is 15.0. The number of hydrogen-bond donors (Lipinski definition) is 1. The highest BCUT2D eigenvalue weighted by Crippen LogP contribution is 2.17. The van der Waals surface area contributed by atoms with Crippen LogP contribution in [0.1, 0.15) is 16.8 Å². The Balaban J connectivity index is 1.50. The summed E-state index contributed by atoms with van der Waals surface area (Å²) in [5.74, 6) is 0.655. The van der Waals surface area contributed by atoms with Crippen LogP contribution >= 0.6 is 0 Å². The van der Waals surface area contributed by atoms with Gasteiger partial charge in [0.1, 0.15) is 6.26 Å². The highest BCUT2D eigenvalue weighted by molar-refractivity contribution is 5.52. The van der Waals surface area contributed by atoms with Gasteiger partial charge in [-0.2, -0.15) is 5.26 Å². The minimum atomic E-state index is 0.655. The van der Waals surface area contributed by atoms with Crippen molar-refractivity contribution >= 4 is 0 Å². The molecule has 0 saturated carbocycles. The number of aromatic nitrogens is 1. The van der Waals surface area contributed by atoms with E-state index in [1.807, 2.05) is 54.6 Å². The Bertz CT molecular complexity index is 803. The second-order valence-electron chi connectivity index (χ2n) is 5.25. The van der Waals surface area contributed by atoms with Crippen LogP contribution in [0.5, 0.6) is 0 Å². The molecule has 1 N–H and O–H groups in total. The van der Waals surface area contributed by atoms with Crippen LogP contribution in [0.3, 0.4) is 0 Å². The van der Waals surface area contributed by atoms with Crippen molar-refractivity contribution in [2.75, 3.05) is 6.54 Å². The Morgan fingerprint density at radius 1 is 1.09 bits per heavy atom. The average molecular weight is 303 g/mol. The lowest BCUT2D eigenvalue weighted by atomic mass is 10.1. The molecule has 1 aromatic heterocycles. The Morgan fingerprint density at radius 2 is 1.96 bits per heavy atom. The molecular weight excluding hydrogens is 286 g/mol. The third-order valence-corrected chi connectivity index (χ3v) is 3.52. The molecule has 0 aliphatic carbocycles. The first-order valence-electron chi connectivity index (χ1n) is 7.55. The van der Waals surface area contributed by atoms with Crippen LogP contribution in [0, 0.1) is 11.3 Å². The third-order valence-electron chi connectivity index (χ3n) is 3.52. The predicted molar refractivity (Wildman–Crippen MR) is 88.5 cm³/mol. The van der Waals surface area contributed by atoms with Crippen LogP contribution in [0.15, 0.2) is 65.3 Å². The molecule has 0 radical (unpaired) electrons. The first-order chi connectivity index (χ1) is 11.3. The fourth-order valence-corrected chi connectivity index (χ4v) is 2.34. The summed E-state index contributed by atoms with van der Waals surface area (Å²) in [7, 11) is 0. The quantitative estimate of drug-likeness (QED) is 0.707. The minimum Gasteiger partial charge on any atom is -0.444 e. The van der Waals surface area contributed by atoms with Gasteiger partial charge in [-0.25, -0.2) is 4.98 Å². The zero-order chi connectivity index (χ0) is 15.9. The number of nitrogens with zero attached hydrogens (tertiary/aromatic N) is 2. The van der Waals surface area contributed by atoms with E-state index in [0.29, 0.717) is 11.5 Å². The van der Waals surface area contributed by atoms with Gasteiger partial charge >= 0.3 is 0 Å². The molecule has 114 valence electrons. The summed E-state index contributed by atoms with van der Waals surface area (Å²) in [6, 6.07) is 19.6. The van der Waals surface area contributed by atoms with Gasteiger partial charge in [0.2, 0.25) is 5.89 Å². The molecule has 2 aromatic carbocycles. The smallest absolute Gasteiger partial charge is 0.226 e. The molecule has 0 aliphatic heterocycles. The molecule has 1 heterocycles. The molecule has 0 bridgehead atoms. The van der Waals surface area contributed by atoms with Crippen LogP contribution in [0.2, 0.25) is 0 Å². The number of nitriles is 1. The maximum absolute atomic E-state index is 8.89. The van der Waals surface area contributed by atoms with Crippen molar-refractivity contribution in [3.05, 3.63) is 77.7 Å². The topological polar surface area (TPSA) is 61.9 Å². The Labute approximate surface area is 135 Å². The summed E-state index contributed by atoms with van der Waals surface area (Å²) < 4.78 is 5.52. The largest absolute Gasteiger partial charge is 0.444 e. The van der Waals surface area contributed by atoms with Crippen LogP contribution in [-0.2, 0) is 13.0 Å². The van der Waals surface area contributed by atoms with E-state index >= 15 is 0 Å². The van der Waals surface area contributed by atoms with Gasteiger partial charge < -0.3 is 9.73 Å². The number of nitrogens with one attached hydrogen (secondary N) is 1. The molecule has 3 aromatic rings. The van der Waals surface area contributed by atoms with Crippen molar-refractivity contribution in [3.8, 4) is 17.5 Å². The van der Waals surface area contributed by atoms with Crippen molar-refractivity contribution in [2.45, 2.75) is 13.0 Å². The lowest BCUT2D eigenvalue weighted by molar-refractivity contribution is 0.571. The minimum absolute atomic E-state index is 0.655. The van der Waals surface area contributed by atoms with Crippen molar-refractivity contribution in [1.82, 2.24) is 10.3 Å². The molecular formula is C19H17N3O. The van der Waals surface area contributed by atoms with Gasteiger partial charge in [0.25, 0.3) is 0 Å². The Morgan fingerprint density at radius 3 is 2.78 bits per heavy atom. The van der Waals surface area contributed by atoms with Crippen LogP contribution in [0.25, 0.3) is 11.5 Å². The van der Waals surface area contributed by atoms with Crippen molar-refractivity contribution in [1.29, 1.82) is 5.26 Å². The summed E-state index contributed by atoms with van der Waals surface area (Å²) in [4.78, 5) is 4.50. The van der Waals surface area contributed by atoms with E-state index in [1.165, 1.54) is 0 Å². The molecule has 0 atom stereocenters. The maximum Gasteiger partial charge on any atom is 0.226 e. The lowest BCUT2D eigenvalue weighted by Crippen LogP contribution is -2.16. The standard InChI is InChI=1S/C19H17N3O/c20-12-15-5-4-6-16(11-15)13-21-10-9-18-14-23-19(22-18)17-7-2-1-3-8-17/h1-8,11,14,21H,9-10,13H2. The number of oxazole rings is 1. The van der Waals surface area contributed by atoms with Crippen LogP contribution in [0.4, 0.5) is 0 Å². The zero-order valence-corrected chi connectivity index (χ0v) is 12.7. The lowest BCUT2D eigenvalue weighted by Gasteiger charge is -2.03. The second kappa shape index (κ2) is 7.39. The number of hydrogen-bond acceptors (Lipinski definition) is 4. The van der Waals surface area contributed by atoms with Gasteiger partial charge in [0.15, 0.2) is 0 Å². The van der Waals surface area contributed by atoms with Gasteiger partial charge in [-0.05, 0) is 29.8 Å². The highest BCUT2D eigenvalue weighted by atomic mass is 16.3. The van der Waals surface area contributed by atoms with Gasteiger partial charge in [-0.15, -0.1) is 0 Å². The van der Waals surface area contributed by atoms with Gasteiger partial charge in [-0.3, -0.25) is 0 Å². The van der Waals surface area contributed by atoms with E-state index in [9.17, 15) is 0 Å². The molecule has 0 spiro atoms. The summed E-state index contributed by atoms with van der Waals surface area (Å²) in [6.45, 7) is 1.54. The summed E-state index contributed by atoms with van der Waals surface area (Å²) in [5.41, 5.74) is 3.71. The highest BCUT2D eigenvalue weighted by Gasteiger charge is 2.05. The van der Waals surface area contributed by atoms with E-state index in [0.717, 1.165) is 36.3 Å². The fraction of sp³-hybridized carbons (Fsp3) is 0.158. The van der Waals surface area contributed by atoms with Crippen molar-refractivity contribution < 1.29 is 4.42 Å².